The van der Waals surface area contributed by atoms with Gasteiger partial charge in [-0.15, -0.1) is 9.56 Å². The molecule has 0 saturated carbocycles. The zero-order valence-corrected chi connectivity index (χ0v) is 13.5. The standard InChI is InChI=1S/C15H19N5O4/c1-9(2)8-23-14(21)18-12-7-11(10-5-3-4-6-16-10)17-13-19-15(22)24-20(12)13/h3-4,7,9-10,16H,5-6,8H2,1-2H3,(H,18,21). The number of hydrogen-bond acceptors (Lipinski definition) is 7. The Morgan fingerprint density at radius 1 is 1.50 bits per heavy atom. The molecule has 0 aromatic carbocycles. The van der Waals surface area contributed by atoms with Crippen molar-refractivity contribution in [1.29, 1.82) is 0 Å². The number of ether oxygens (including phenoxy) is 1. The summed E-state index contributed by atoms with van der Waals surface area (Å²) in [4.78, 5) is 31.4. The second-order valence-corrected chi connectivity index (χ2v) is 5.91. The Hall–Kier alpha value is -2.68. The number of aromatic nitrogens is 3. The van der Waals surface area contributed by atoms with Crippen LogP contribution in [-0.4, -0.2) is 33.8 Å². The van der Waals surface area contributed by atoms with E-state index >= 15 is 0 Å². The van der Waals surface area contributed by atoms with E-state index in [1.54, 1.807) is 6.07 Å². The second-order valence-electron chi connectivity index (χ2n) is 5.91. The number of fused-ring (bicyclic) bond motifs is 1. The van der Waals surface area contributed by atoms with Crippen molar-refractivity contribution in [3.8, 4) is 0 Å². The van der Waals surface area contributed by atoms with Crippen LogP contribution in [0.25, 0.3) is 5.78 Å². The van der Waals surface area contributed by atoms with E-state index in [1.807, 2.05) is 26.0 Å². The van der Waals surface area contributed by atoms with Gasteiger partial charge in [0, 0.05) is 12.6 Å². The molecule has 0 saturated heterocycles. The van der Waals surface area contributed by atoms with Gasteiger partial charge in [-0.05, 0) is 12.3 Å². The lowest BCUT2D eigenvalue weighted by Gasteiger charge is -2.19. The Labute approximate surface area is 137 Å². The molecule has 2 N–H and O–H groups in total. The van der Waals surface area contributed by atoms with Crippen molar-refractivity contribution in [3.05, 3.63) is 34.5 Å². The first-order valence-corrected chi connectivity index (χ1v) is 7.76. The third-order valence-corrected chi connectivity index (χ3v) is 3.43. The first-order valence-electron chi connectivity index (χ1n) is 7.76. The largest absolute Gasteiger partial charge is 0.461 e. The molecule has 3 heterocycles. The van der Waals surface area contributed by atoms with Crippen molar-refractivity contribution in [2.24, 2.45) is 5.92 Å². The maximum Gasteiger partial charge on any atom is 0.461 e. The molecular weight excluding hydrogens is 314 g/mol. The fourth-order valence-electron chi connectivity index (χ4n) is 2.32. The summed E-state index contributed by atoms with van der Waals surface area (Å²) in [7, 11) is 0. The topological polar surface area (TPSA) is 111 Å². The zero-order valence-electron chi connectivity index (χ0n) is 13.5. The van der Waals surface area contributed by atoms with E-state index in [4.69, 9.17) is 9.26 Å². The molecule has 9 nitrogen and oxygen atoms in total. The predicted octanol–water partition coefficient (Wildman–Crippen LogP) is 1.48. The van der Waals surface area contributed by atoms with Gasteiger partial charge in [0.05, 0.1) is 18.3 Å². The average Bonchev–Trinajstić information content (AvgIpc) is 2.94. The number of amides is 1. The van der Waals surface area contributed by atoms with Gasteiger partial charge in [0.2, 0.25) is 0 Å². The van der Waals surface area contributed by atoms with Gasteiger partial charge >= 0.3 is 11.8 Å². The van der Waals surface area contributed by atoms with E-state index in [-0.39, 0.29) is 30.2 Å². The van der Waals surface area contributed by atoms with Crippen LogP contribution < -0.4 is 16.4 Å². The number of rotatable bonds is 4. The smallest absolute Gasteiger partial charge is 0.449 e. The van der Waals surface area contributed by atoms with Crippen molar-refractivity contribution in [1.82, 2.24) is 19.9 Å². The van der Waals surface area contributed by atoms with E-state index in [0.29, 0.717) is 5.69 Å². The lowest BCUT2D eigenvalue weighted by atomic mass is 10.1. The summed E-state index contributed by atoms with van der Waals surface area (Å²) in [5.41, 5.74) is 0.659. The number of carbonyl (C=O) groups is 1. The van der Waals surface area contributed by atoms with Gasteiger partial charge in [0.25, 0.3) is 5.78 Å². The fraction of sp³-hybridized carbons (Fsp3) is 0.467. The molecule has 0 radical (unpaired) electrons. The van der Waals surface area contributed by atoms with Crippen LogP contribution in [0.4, 0.5) is 10.6 Å². The van der Waals surface area contributed by atoms with Gasteiger partial charge in [-0.3, -0.25) is 5.32 Å². The predicted molar refractivity (Wildman–Crippen MR) is 85.8 cm³/mol. The molecular formula is C15H19N5O4. The zero-order chi connectivity index (χ0) is 17.1. The van der Waals surface area contributed by atoms with Crippen molar-refractivity contribution in [2.75, 3.05) is 18.5 Å². The monoisotopic (exact) mass is 333 g/mol. The molecule has 1 aliphatic heterocycles. The number of hydrogen-bond donors (Lipinski definition) is 2. The molecule has 9 heteroatoms. The molecule has 1 amide bonds. The number of anilines is 1. The van der Waals surface area contributed by atoms with Gasteiger partial charge in [0.1, 0.15) is 0 Å². The van der Waals surface area contributed by atoms with Crippen molar-refractivity contribution >= 4 is 17.7 Å². The highest BCUT2D eigenvalue weighted by Gasteiger charge is 2.19. The van der Waals surface area contributed by atoms with Crippen molar-refractivity contribution < 1.29 is 14.1 Å². The van der Waals surface area contributed by atoms with Gasteiger partial charge in [-0.25, -0.2) is 14.6 Å². The lowest BCUT2D eigenvalue weighted by molar-refractivity contribution is 0.147. The van der Waals surface area contributed by atoms with Crippen LogP contribution >= 0.6 is 0 Å². The lowest BCUT2D eigenvalue weighted by Crippen LogP contribution is -2.25. The van der Waals surface area contributed by atoms with Gasteiger partial charge in [-0.2, -0.15) is 0 Å². The summed E-state index contributed by atoms with van der Waals surface area (Å²) in [5.74, 6) is -0.231. The molecule has 1 unspecified atom stereocenters. The molecule has 1 aliphatic rings. The van der Waals surface area contributed by atoms with Crippen molar-refractivity contribution in [2.45, 2.75) is 26.3 Å². The summed E-state index contributed by atoms with van der Waals surface area (Å²) in [6.07, 6.45) is 4.20. The van der Waals surface area contributed by atoms with E-state index in [9.17, 15) is 9.59 Å². The van der Waals surface area contributed by atoms with E-state index in [0.717, 1.165) is 17.5 Å². The number of nitrogens with one attached hydrogen (secondary N) is 2. The summed E-state index contributed by atoms with van der Waals surface area (Å²) in [6.45, 7) is 4.89. The molecule has 1 atom stereocenters. The normalized spacial score (nSPS) is 17.4. The van der Waals surface area contributed by atoms with E-state index in [2.05, 4.69) is 20.6 Å². The van der Waals surface area contributed by atoms with E-state index < -0.39 is 11.8 Å². The Kier molecular flexibility index (Phi) is 4.61. The molecule has 2 aromatic heterocycles. The molecule has 0 aliphatic carbocycles. The maximum absolute atomic E-state index is 11.9. The van der Waals surface area contributed by atoms with Crippen LogP contribution in [0.15, 0.2) is 27.5 Å². The molecule has 24 heavy (non-hydrogen) atoms. The van der Waals surface area contributed by atoms with Crippen LogP contribution in [0.1, 0.15) is 32.0 Å². The Bertz CT molecular complexity index is 823. The SMILES string of the molecule is CC(C)COC(=O)Nc1cc(C2CC=CCN2)nc2nc(=O)on12. The summed E-state index contributed by atoms with van der Waals surface area (Å²) < 4.78 is 11.1. The number of carbonyl (C=O) groups excluding carboxylic acids is 1. The molecule has 2 aromatic rings. The Morgan fingerprint density at radius 3 is 3.04 bits per heavy atom. The molecule has 128 valence electrons. The first kappa shape index (κ1) is 16.2. The Morgan fingerprint density at radius 2 is 2.33 bits per heavy atom. The summed E-state index contributed by atoms with van der Waals surface area (Å²) in [6, 6.07) is 1.62. The van der Waals surface area contributed by atoms with Gasteiger partial charge < -0.3 is 14.6 Å². The number of nitrogens with zero attached hydrogens (tertiary/aromatic N) is 3. The molecule has 0 fully saturated rings. The highest BCUT2D eigenvalue weighted by atomic mass is 16.6. The van der Waals surface area contributed by atoms with Crippen LogP contribution in [0.3, 0.4) is 0 Å². The van der Waals surface area contributed by atoms with Crippen LogP contribution in [0.5, 0.6) is 0 Å². The minimum atomic E-state index is -0.783. The highest BCUT2D eigenvalue weighted by molar-refractivity contribution is 5.83. The minimum Gasteiger partial charge on any atom is -0.449 e. The third-order valence-electron chi connectivity index (χ3n) is 3.43. The average molecular weight is 333 g/mol. The summed E-state index contributed by atoms with van der Waals surface area (Å²) >= 11 is 0. The van der Waals surface area contributed by atoms with Crippen LogP contribution in [-0.2, 0) is 4.74 Å². The van der Waals surface area contributed by atoms with Crippen LogP contribution in [0.2, 0.25) is 0 Å². The summed E-state index contributed by atoms with van der Waals surface area (Å²) in [5, 5.41) is 5.86. The first-order chi connectivity index (χ1) is 11.5. The van der Waals surface area contributed by atoms with Gasteiger partial charge in [0.15, 0.2) is 5.82 Å². The molecule has 3 rings (SSSR count). The second kappa shape index (κ2) is 6.83. The minimum absolute atomic E-state index is 0.0287. The van der Waals surface area contributed by atoms with Gasteiger partial charge in [-0.1, -0.05) is 26.0 Å². The van der Waals surface area contributed by atoms with Crippen molar-refractivity contribution in [3.63, 3.8) is 0 Å². The molecule has 0 spiro atoms. The quantitative estimate of drug-likeness (QED) is 0.815. The fourth-order valence-corrected chi connectivity index (χ4v) is 2.32. The van der Waals surface area contributed by atoms with E-state index in [1.165, 1.54) is 0 Å². The highest BCUT2D eigenvalue weighted by Crippen LogP contribution is 2.21. The maximum atomic E-state index is 11.9. The Balaban J connectivity index is 1.90. The van der Waals surface area contributed by atoms with Crippen LogP contribution in [0, 0.1) is 5.92 Å². The molecule has 0 bridgehead atoms. The third kappa shape index (κ3) is 3.62.